The van der Waals surface area contributed by atoms with Gasteiger partial charge >= 0.3 is 0 Å². The summed E-state index contributed by atoms with van der Waals surface area (Å²) in [4.78, 5) is 16.7. The van der Waals surface area contributed by atoms with Crippen molar-refractivity contribution in [3.8, 4) is 5.75 Å². The molecule has 1 unspecified atom stereocenters. The number of hydrogen-bond donors (Lipinski definition) is 1. The molecule has 1 aliphatic heterocycles. The van der Waals surface area contributed by atoms with Gasteiger partial charge in [-0.1, -0.05) is 0 Å². The number of carbonyl (C=O) groups excluding carboxylic acids is 1. The van der Waals surface area contributed by atoms with E-state index in [1.807, 2.05) is 18.2 Å². The van der Waals surface area contributed by atoms with Crippen LogP contribution in [0.3, 0.4) is 0 Å². The number of rotatable bonds is 1. The first kappa shape index (κ1) is 12.6. The molecule has 1 amide bonds. The summed E-state index contributed by atoms with van der Waals surface area (Å²) in [6.07, 6.45) is 2.87. The van der Waals surface area contributed by atoms with Gasteiger partial charge in [0.05, 0.1) is 24.4 Å². The second-order valence-electron chi connectivity index (χ2n) is 5.47. The Bertz CT molecular complexity index is 742. The summed E-state index contributed by atoms with van der Waals surface area (Å²) in [5.74, 6) is 0.667. The van der Waals surface area contributed by atoms with Crippen molar-refractivity contribution in [3.63, 3.8) is 0 Å². The van der Waals surface area contributed by atoms with Gasteiger partial charge < -0.3 is 14.8 Å². The van der Waals surface area contributed by atoms with Gasteiger partial charge in [0, 0.05) is 22.7 Å². The van der Waals surface area contributed by atoms with Crippen molar-refractivity contribution >= 4 is 22.5 Å². The van der Waals surface area contributed by atoms with Crippen molar-refractivity contribution < 1.29 is 14.3 Å². The molecule has 2 heterocycles. The molecule has 1 aromatic carbocycles. The van der Waals surface area contributed by atoms with E-state index in [0.29, 0.717) is 0 Å². The van der Waals surface area contributed by atoms with Crippen LogP contribution in [0.2, 0.25) is 0 Å². The van der Waals surface area contributed by atoms with Gasteiger partial charge in [0.1, 0.15) is 12.4 Å². The number of aryl methyl sites for hydroxylation is 1. The van der Waals surface area contributed by atoms with E-state index in [1.54, 1.807) is 7.11 Å². The number of aromatic nitrogens is 1. The molecule has 0 saturated heterocycles. The van der Waals surface area contributed by atoms with E-state index in [0.717, 1.165) is 52.9 Å². The standard InChI is InChI=1S/C16H16N2O3/c1-20-9-5-6-10-12(7-9)17-11-3-2-4-13-15(11)16(10)18-14(19)8-21-13/h5-7,13H,2-4,8H2,1H3,(H,18,19). The van der Waals surface area contributed by atoms with Crippen molar-refractivity contribution in [2.75, 3.05) is 19.0 Å². The molecule has 0 saturated carbocycles. The number of fused-ring (bicyclic) bond motifs is 2. The fourth-order valence-electron chi connectivity index (χ4n) is 3.23. The molecule has 1 aliphatic carbocycles. The van der Waals surface area contributed by atoms with E-state index < -0.39 is 0 Å². The molecule has 108 valence electrons. The van der Waals surface area contributed by atoms with Crippen LogP contribution in [0, 0.1) is 0 Å². The highest BCUT2D eigenvalue weighted by Gasteiger charge is 2.30. The molecule has 1 aromatic heterocycles. The van der Waals surface area contributed by atoms with Crippen LogP contribution in [-0.2, 0) is 16.0 Å². The van der Waals surface area contributed by atoms with Crippen LogP contribution in [0.15, 0.2) is 18.2 Å². The number of amides is 1. The monoisotopic (exact) mass is 284 g/mol. The summed E-state index contributed by atoms with van der Waals surface area (Å²) in [5.41, 5.74) is 3.81. The number of pyridine rings is 1. The van der Waals surface area contributed by atoms with Gasteiger partial charge in [0.15, 0.2) is 0 Å². The highest BCUT2D eigenvalue weighted by Crippen LogP contribution is 2.42. The van der Waals surface area contributed by atoms with Gasteiger partial charge in [0.2, 0.25) is 5.91 Å². The number of ether oxygens (including phenoxy) is 2. The summed E-state index contributed by atoms with van der Waals surface area (Å²) in [6.45, 7) is 0.108. The number of nitrogens with one attached hydrogen (secondary N) is 1. The molecule has 2 aromatic rings. The molecule has 0 spiro atoms. The molecular formula is C16H16N2O3. The SMILES string of the molecule is COc1ccc2c3c4c(nc2c1)CCCC4OCC(=O)N3. The quantitative estimate of drug-likeness (QED) is 0.874. The predicted molar refractivity (Wildman–Crippen MR) is 78.6 cm³/mol. The van der Waals surface area contributed by atoms with Crippen LogP contribution < -0.4 is 10.1 Å². The number of nitrogens with zero attached hydrogens (tertiary/aromatic N) is 1. The van der Waals surface area contributed by atoms with Gasteiger partial charge in [-0.25, -0.2) is 0 Å². The lowest BCUT2D eigenvalue weighted by Gasteiger charge is -2.25. The van der Waals surface area contributed by atoms with Crippen LogP contribution in [-0.4, -0.2) is 24.6 Å². The topological polar surface area (TPSA) is 60.5 Å². The molecule has 0 radical (unpaired) electrons. The number of anilines is 1. The van der Waals surface area contributed by atoms with Gasteiger partial charge in [-0.15, -0.1) is 0 Å². The Morgan fingerprint density at radius 3 is 3.19 bits per heavy atom. The molecule has 0 bridgehead atoms. The van der Waals surface area contributed by atoms with Crippen LogP contribution in [0.5, 0.6) is 5.75 Å². The minimum Gasteiger partial charge on any atom is -0.497 e. The van der Waals surface area contributed by atoms with Crippen LogP contribution in [0.25, 0.3) is 10.9 Å². The smallest absolute Gasteiger partial charge is 0.250 e. The average molecular weight is 284 g/mol. The van der Waals surface area contributed by atoms with Crippen LogP contribution >= 0.6 is 0 Å². The Hall–Kier alpha value is -2.14. The fourth-order valence-corrected chi connectivity index (χ4v) is 3.23. The third kappa shape index (κ3) is 1.96. The number of hydrogen-bond acceptors (Lipinski definition) is 4. The van der Waals surface area contributed by atoms with Gasteiger partial charge in [-0.2, -0.15) is 0 Å². The zero-order valence-electron chi connectivity index (χ0n) is 11.8. The van der Waals surface area contributed by atoms with Gasteiger partial charge in [0.25, 0.3) is 0 Å². The summed E-state index contributed by atoms with van der Waals surface area (Å²) >= 11 is 0. The molecule has 1 atom stereocenters. The fraction of sp³-hybridized carbons (Fsp3) is 0.375. The van der Waals surface area contributed by atoms with Crippen molar-refractivity contribution in [2.24, 2.45) is 0 Å². The molecule has 4 rings (SSSR count). The zero-order valence-corrected chi connectivity index (χ0v) is 11.8. The van der Waals surface area contributed by atoms with Gasteiger partial charge in [-0.05, 0) is 31.4 Å². The Kier molecular flexibility index (Phi) is 2.82. The van der Waals surface area contributed by atoms with Crippen molar-refractivity contribution in [1.82, 2.24) is 4.98 Å². The van der Waals surface area contributed by atoms with E-state index in [9.17, 15) is 4.79 Å². The van der Waals surface area contributed by atoms with E-state index in [1.165, 1.54) is 0 Å². The summed E-state index contributed by atoms with van der Waals surface area (Å²) in [6, 6.07) is 5.75. The maximum absolute atomic E-state index is 11.9. The van der Waals surface area contributed by atoms with Crippen molar-refractivity contribution in [1.29, 1.82) is 0 Å². The lowest BCUT2D eigenvalue weighted by Crippen LogP contribution is -2.15. The minimum atomic E-state index is -0.102. The summed E-state index contributed by atoms with van der Waals surface area (Å²) < 4.78 is 11.0. The Morgan fingerprint density at radius 2 is 2.33 bits per heavy atom. The maximum atomic E-state index is 11.9. The maximum Gasteiger partial charge on any atom is 0.250 e. The molecular weight excluding hydrogens is 268 g/mol. The molecule has 5 nitrogen and oxygen atoms in total. The van der Waals surface area contributed by atoms with E-state index in [4.69, 9.17) is 14.5 Å². The minimum absolute atomic E-state index is 0.0262. The first-order valence-electron chi connectivity index (χ1n) is 7.18. The van der Waals surface area contributed by atoms with Crippen molar-refractivity contribution in [2.45, 2.75) is 25.4 Å². The van der Waals surface area contributed by atoms with E-state index in [2.05, 4.69) is 5.32 Å². The number of carbonyl (C=O) groups is 1. The lowest BCUT2D eigenvalue weighted by molar-refractivity contribution is -0.122. The van der Waals surface area contributed by atoms with Gasteiger partial charge in [-0.3, -0.25) is 9.78 Å². The molecule has 5 heteroatoms. The summed E-state index contributed by atoms with van der Waals surface area (Å²) in [5, 5.41) is 3.94. The second kappa shape index (κ2) is 4.70. The Balaban J connectivity index is 2.02. The number of benzene rings is 1. The van der Waals surface area contributed by atoms with Crippen molar-refractivity contribution in [3.05, 3.63) is 29.5 Å². The Morgan fingerprint density at radius 1 is 1.43 bits per heavy atom. The summed E-state index contributed by atoms with van der Waals surface area (Å²) in [7, 11) is 1.64. The van der Waals surface area contributed by atoms with Crippen LogP contribution in [0.4, 0.5) is 5.69 Å². The molecule has 21 heavy (non-hydrogen) atoms. The zero-order chi connectivity index (χ0) is 14.4. The highest BCUT2D eigenvalue weighted by molar-refractivity contribution is 6.04. The first-order valence-corrected chi connectivity index (χ1v) is 7.18. The van der Waals surface area contributed by atoms with Crippen LogP contribution in [0.1, 0.15) is 30.2 Å². The number of methoxy groups -OCH3 is 1. The molecule has 0 fully saturated rings. The largest absolute Gasteiger partial charge is 0.497 e. The normalized spacial score (nSPS) is 20.6. The molecule has 1 N–H and O–H groups in total. The third-order valence-corrected chi connectivity index (χ3v) is 4.19. The Labute approximate surface area is 122 Å². The first-order chi connectivity index (χ1) is 10.3. The average Bonchev–Trinajstić information content (AvgIpc) is 2.68. The van der Waals surface area contributed by atoms with E-state index >= 15 is 0 Å². The molecule has 2 aliphatic rings. The third-order valence-electron chi connectivity index (χ3n) is 4.19. The lowest BCUT2D eigenvalue weighted by atomic mass is 9.90. The van der Waals surface area contributed by atoms with E-state index in [-0.39, 0.29) is 18.6 Å². The highest BCUT2D eigenvalue weighted by atomic mass is 16.5. The second-order valence-corrected chi connectivity index (χ2v) is 5.47. The predicted octanol–water partition coefficient (Wildman–Crippen LogP) is 2.59.